The zero-order valence-corrected chi connectivity index (χ0v) is 13.2. The molecule has 2 atom stereocenters. The number of halogens is 2. The molecule has 1 aromatic rings. The Hall–Kier alpha value is -1.88. The van der Waals surface area contributed by atoms with Crippen LogP contribution in [0.1, 0.15) is 31.9 Å². The maximum absolute atomic E-state index is 12.5. The van der Waals surface area contributed by atoms with Crippen LogP contribution in [0.5, 0.6) is 0 Å². The van der Waals surface area contributed by atoms with Crippen molar-refractivity contribution in [3.63, 3.8) is 0 Å². The van der Waals surface area contributed by atoms with Crippen LogP contribution >= 0.6 is 11.6 Å². The molecule has 120 valence electrons. The molecular formula is C16H19ClFNO3. The first-order valence-corrected chi connectivity index (χ1v) is 7.28. The third-order valence-corrected chi connectivity index (χ3v) is 3.66. The minimum Gasteiger partial charge on any atom is -0.481 e. The van der Waals surface area contributed by atoms with Crippen molar-refractivity contribution in [1.29, 1.82) is 0 Å². The van der Waals surface area contributed by atoms with Gasteiger partial charge in [0, 0.05) is 17.0 Å². The number of hydrogen-bond acceptors (Lipinski definition) is 2. The highest BCUT2D eigenvalue weighted by atomic mass is 35.5. The molecule has 4 nitrogen and oxygen atoms in total. The van der Waals surface area contributed by atoms with Gasteiger partial charge in [-0.2, -0.15) is 0 Å². The molecule has 1 aromatic carbocycles. The van der Waals surface area contributed by atoms with E-state index in [2.05, 4.69) is 5.32 Å². The van der Waals surface area contributed by atoms with Crippen LogP contribution < -0.4 is 5.32 Å². The number of amides is 1. The van der Waals surface area contributed by atoms with Crippen LogP contribution in [-0.2, 0) is 9.59 Å². The molecule has 0 radical (unpaired) electrons. The van der Waals surface area contributed by atoms with E-state index in [0.717, 1.165) is 0 Å². The van der Waals surface area contributed by atoms with Gasteiger partial charge in [-0.05, 0) is 31.5 Å². The summed E-state index contributed by atoms with van der Waals surface area (Å²) in [6.45, 7) is 2.50. The number of benzene rings is 1. The quantitative estimate of drug-likeness (QED) is 0.753. The van der Waals surface area contributed by atoms with Gasteiger partial charge in [0.25, 0.3) is 0 Å². The predicted octanol–water partition coefficient (Wildman–Crippen LogP) is 3.52. The Bertz CT molecular complexity index is 557. The number of carbonyl (C=O) groups is 2. The fraction of sp³-hybridized carbons (Fsp3) is 0.375. The molecule has 6 heteroatoms. The van der Waals surface area contributed by atoms with Crippen molar-refractivity contribution in [3.8, 4) is 0 Å². The van der Waals surface area contributed by atoms with Crippen LogP contribution in [0, 0.1) is 5.92 Å². The summed E-state index contributed by atoms with van der Waals surface area (Å²) in [5.74, 6) is -2.34. The summed E-state index contributed by atoms with van der Waals surface area (Å²) in [4.78, 5) is 23.5. The van der Waals surface area contributed by atoms with E-state index < -0.39 is 30.5 Å². The Morgan fingerprint density at radius 2 is 1.95 bits per heavy atom. The van der Waals surface area contributed by atoms with E-state index in [4.69, 9.17) is 11.6 Å². The second kappa shape index (κ2) is 8.54. The molecular weight excluding hydrogens is 309 g/mol. The van der Waals surface area contributed by atoms with Gasteiger partial charge in [0.2, 0.25) is 5.91 Å². The maximum Gasteiger partial charge on any atom is 0.308 e. The van der Waals surface area contributed by atoms with Gasteiger partial charge in [0.15, 0.2) is 0 Å². The molecule has 0 heterocycles. The Kier molecular flexibility index (Phi) is 7.05. The van der Waals surface area contributed by atoms with Crippen molar-refractivity contribution >= 4 is 23.5 Å². The Morgan fingerprint density at radius 1 is 1.36 bits per heavy atom. The maximum atomic E-state index is 12.5. The van der Waals surface area contributed by atoms with Crippen molar-refractivity contribution in [2.45, 2.75) is 26.3 Å². The molecule has 0 fully saturated rings. The Morgan fingerprint density at radius 3 is 2.41 bits per heavy atom. The van der Waals surface area contributed by atoms with Crippen LogP contribution in [0.15, 0.2) is 35.9 Å². The van der Waals surface area contributed by atoms with E-state index in [0.29, 0.717) is 16.2 Å². The van der Waals surface area contributed by atoms with Crippen LogP contribution in [-0.4, -0.2) is 23.7 Å². The molecule has 0 aliphatic carbocycles. The number of carbonyl (C=O) groups excluding carboxylic acids is 1. The molecule has 0 aliphatic rings. The lowest BCUT2D eigenvalue weighted by molar-refractivity contribution is -0.142. The fourth-order valence-electron chi connectivity index (χ4n) is 2.03. The first-order valence-electron chi connectivity index (χ1n) is 6.91. The van der Waals surface area contributed by atoms with Crippen molar-refractivity contribution in [2.24, 2.45) is 5.92 Å². The SMILES string of the molecule is C/C=C(\CCF)C(=O)N[C@H](c1ccc(Cl)cc1)[C@H](C)C(=O)O. The molecule has 1 rings (SSSR count). The largest absolute Gasteiger partial charge is 0.481 e. The van der Waals surface area contributed by atoms with Crippen LogP contribution in [0.25, 0.3) is 0 Å². The summed E-state index contributed by atoms with van der Waals surface area (Å²) in [5, 5.41) is 12.4. The van der Waals surface area contributed by atoms with Gasteiger partial charge in [0.05, 0.1) is 18.6 Å². The zero-order valence-electron chi connectivity index (χ0n) is 12.5. The predicted molar refractivity (Wildman–Crippen MR) is 83.5 cm³/mol. The van der Waals surface area contributed by atoms with Gasteiger partial charge >= 0.3 is 5.97 Å². The second-order valence-corrected chi connectivity index (χ2v) is 5.32. The summed E-state index contributed by atoms with van der Waals surface area (Å²) in [6, 6.07) is 5.86. The smallest absolute Gasteiger partial charge is 0.308 e. The number of hydrogen-bond donors (Lipinski definition) is 2. The van der Waals surface area contributed by atoms with Gasteiger partial charge < -0.3 is 10.4 Å². The molecule has 1 amide bonds. The Balaban J connectivity index is 3.04. The van der Waals surface area contributed by atoms with E-state index in [-0.39, 0.29) is 6.42 Å². The molecule has 22 heavy (non-hydrogen) atoms. The molecule has 0 unspecified atom stereocenters. The molecule has 2 N–H and O–H groups in total. The van der Waals surface area contributed by atoms with E-state index in [1.807, 2.05) is 0 Å². The molecule has 0 saturated heterocycles. The molecule has 0 aliphatic heterocycles. The highest BCUT2D eigenvalue weighted by molar-refractivity contribution is 6.30. The fourth-order valence-corrected chi connectivity index (χ4v) is 2.16. The third kappa shape index (κ3) is 4.84. The van der Waals surface area contributed by atoms with E-state index in [1.165, 1.54) is 13.0 Å². The first kappa shape index (κ1) is 18.2. The molecule has 0 bridgehead atoms. The van der Waals surface area contributed by atoms with Gasteiger partial charge in [-0.3, -0.25) is 14.0 Å². The van der Waals surface area contributed by atoms with Gasteiger partial charge in [-0.15, -0.1) is 0 Å². The standard InChI is InChI=1S/C16H19ClFNO3/c1-3-11(8-9-18)15(20)19-14(10(2)16(21)22)12-4-6-13(17)7-5-12/h3-7,10,14H,8-9H2,1-2H3,(H,19,20)(H,21,22)/b11-3+/t10-,14-/m0/s1. The van der Waals surface area contributed by atoms with E-state index in [9.17, 15) is 19.1 Å². The van der Waals surface area contributed by atoms with E-state index >= 15 is 0 Å². The number of nitrogens with one attached hydrogen (secondary N) is 1. The number of allylic oxidation sites excluding steroid dienone is 1. The number of rotatable bonds is 7. The van der Waals surface area contributed by atoms with Crippen LogP contribution in [0.4, 0.5) is 4.39 Å². The number of alkyl halides is 1. The summed E-state index contributed by atoms with van der Waals surface area (Å²) in [5.41, 5.74) is 0.919. The monoisotopic (exact) mass is 327 g/mol. The molecule has 0 aromatic heterocycles. The number of aliphatic carboxylic acids is 1. The average Bonchev–Trinajstić information content (AvgIpc) is 2.50. The van der Waals surface area contributed by atoms with Crippen molar-refractivity contribution in [3.05, 3.63) is 46.5 Å². The minimum absolute atomic E-state index is 0.00285. The van der Waals surface area contributed by atoms with Gasteiger partial charge in [-0.1, -0.05) is 29.8 Å². The minimum atomic E-state index is -1.03. The normalized spacial score (nSPS) is 14.3. The highest BCUT2D eigenvalue weighted by Gasteiger charge is 2.27. The Labute approximate surface area is 134 Å². The van der Waals surface area contributed by atoms with Gasteiger partial charge in [-0.25, -0.2) is 0 Å². The van der Waals surface area contributed by atoms with Gasteiger partial charge in [0.1, 0.15) is 0 Å². The summed E-state index contributed by atoms with van der Waals surface area (Å²) >= 11 is 5.82. The third-order valence-electron chi connectivity index (χ3n) is 3.41. The lowest BCUT2D eigenvalue weighted by Gasteiger charge is -2.23. The lowest BCUT2D eigenvalue weighted by Crippen LogP contribution is -2.36. The lowest BCUT2D eigenvalue weighted by atomic mass is 9.94. The topological polar surface area (TPSA) is 66.4 Å². The van der Waals surface area contributed by atoms with Crippen LogP contribution in [0.2, 0.25) is 5.02 Å². The molecule has 0 saturated carbocycles. The summed E-state index contributed by atoms with van der Waals surface area (Å²) in [7, 11) is 0. The molecule has 0 spiro atoms. The summed E-state index contributed by atoms with van der Waals surface area (Å²) in [6.07, 6.45) is 1.52. The second-order valence-electron chi connectivity index (χ2n) is 4.88. The zero-order chi connectivity index (χ0) is 16.7. The average molecular weight is 328 g/mol. The van der Waals surface area contributed by atoms with Crippen molar-refractivity contribution in [2.75, 3.05) is 6.67 Å². The highest BCUT2D eigenvalue weighted by Crippen LogP contribution is 2.24. The first-order chi connectivity index (χ1) is 10.4. The number of carboxylic acids is 1. The van der Waals surface area contributed by atoms with Crippen molar-refractivity contribution in [1.82, 2.24) is 5.32 Å². The number of carboxylic acid groups (broad SMARTS) is 1. The van der Waals surface area contributed by atoms with Crippen LogP contribution in [0.3, 0.4) is 0 Å². The van der Waals surface area contributed by atoms with Crippen molar-refractivity contribution < 1.29 is 19.1 Å². The summed E-state index contributed by atoms with van der Waals surface area (Å²) < 4.78 is 12.5. The van der Waals surface area contributed by atoms with E-state index in [1.54, 1.807) is 31.2 Å².